The van der Waals surface area contributed by atoms with Gasteiger partial charge in [0.05, 0.1) is 5.01 Å². The Morgan fingerprint density at radius 3 is 2.95 bits per heavy atom. The van der Waals surface area contributed by atoms with Crippen molar-refractivity contribution in [2.75, 3.05) is 18.0 Å². The van der Waals surface area contributed by atoms with Crippen LogP contribution in [-0.4, -0.2) is 28.0 Å². The van der Waals surface area contributed by atoms with Gasteiger partial charge in [0.15, 0.2) is 0 Å². The normalized spacial score (nSPS) is 19.7. The Hall–Kier alpha value is -1.49. The molecule has 3 heterocycles. The number of aryl methyl sites for hydroxylation is 2. The molecule has 0 bridgehead atoms. The fourth-order valence-corrected chi connectivity index (χ4v) is 3.47. The van der Waals surface area contributed by atoms with Crippen LogP contribution in [0, 0.1) is 13.8 Å². The fraction of sp³-hybridized carbons (Fsp3) is 0.500. The third kappa shape index (κ3) is 2.76. The molecule has 19 heavy (non-hydrogen) atoms. The van der Waals surface area contributed by atoms with Gasteiger partial charge in [-0.1, -0.05) is 0 Å². The maximum Gasteiger partial charge on any atom is 0.132 e. The largest absolute Gasteiger partial charge is 0.356 e. The van der Waals surface area contributed by atoms with Gasteiger partial charge in [-0.3, -0.25) is 0 Å². The van der Waals surface area contributed by atoms with E-state index >= 15 is 0 Å². The molecule has 2 aromatic heterocycles. The van der Waals surface area contributed by atoms with Crippen molar-refractivity contribution in [1.29, 1.82) is 0 Å². The number of aromatic nitrogens is 3. The van der Waals surface area contributed by atoms with Crippen molar-refractivity contribution < 1.29 is 0 Å². The zero-order chi connectivity index (χ0) is 13.2. The zero-order valence-electron chi connectivity index (χ0n) is 11.3. The van der Waals surface area contributed by atoms with E-state index in [0.29, 0.717) is 5.92 Å². The minimum Gasteiger partial charge on any atom is -0.356 e. The van der Waals surface area contributed by atoms with E-state index in [2.05, 4.69) is 26.8 Å². The van der Waals surface area contributed by atoms with Gasteiger partial charge in [-0.05, 0) is 32.8 Å². The first-order valence-electron chi connectivity index (χ1n) is 6.69. The van der Waals surface area contributed by atoms with Crippen molar-refractivity contribution in [3.63, 3.8) is 0 Å². The molecule has 2 aromatic rings. The summed E-state index contributed by atoms with van der Waals surface area (Å²) in [7, 11) is 0. The van der Waals surface area contributed by atoms with E-state index in [0.717, 1.165) is 24.7 Å². The smallest absolute Gasteiger partial charge is 0.132 e. The first kappa shape index (κ1) is 12.5. The maximum absolute atomic E-state index is 4.54. The molecule has 0 radical (unpaired) electrons. The first-order valence-corrected chi connectivity index (χ1v) is 7.51. The Bertz CT molecular complexity index is 566. The van der Waals surface area contributed by atoms with Gasteiger partial charge in [-0.25, -0.2) is 15.0 Å². The van der Waals surface area contributed by atoms with Gasteiger partial charge in [0, 0.05) is 36.3 Å². The molecular formula is C14H18N4S. The van der Waals surface area contributed by atoms with Crippen molar-refractivity contribution in [3.05, 3.63) is 34.2 Å². The van der Waals surface area contributed by atoms with E-state index in [-0.39, 0.29) is 0 Å². The molecule has 1 atom stereocenters. The Morgan fingerprint density at radius 1 is 1.32 bits per heavy atom. The summed E-state index contributed by atoms with van der Waals surface area (Å²) >= 11 is 1.82. The Morgan fingerprint density at radius 2 is 2.21 bits per heavy atom. The average molecular weight is 274 g/mol. The lowest BCUT2D eigenvalue weighted by molar-refractivity contribution is 0.505. The Balaban J connectivity index is 1.78. The summed E-state index contributed by atoms with van der Waals surface area (Å²) in [6, 6.07) is 2.00. The van der Waals surface area contributed by atoms with Crippen LogP contribution in [0.5, 0.6) is 0 Å². The fourth-order valence-electron chi connectivity index (χ4n) is 2.57. The number of thiazole rings is 1. The molecule has 1 aliphatic heterocycles. The lowest BCUT2D eigenvalue weighted by Gasteiger charge is -2.32. The van der Waals surface area contributed by atoms with E-state index in [1.807, 2.05) is 36.7 Å². The second kappa shape index (κ2) is 5.25. The van der Waals surface area contributed by atoms with Gasteiger partial charge in [-0.15, -0.1) is 11.3 Å². The van der Waals surface area contributed by atoms with Crippen molar-refractivity contribution in [2.45, 2.75) is 32.6 Å². The molecule has 5 heteroatoms. The number of hydrogen-bond acceptors (Lipinski definition) is 5. The van der Waals surface area contributed by atoms with Gasteiger partial charge >= 0.3 is 0 Å². The summed E-state index contributed by atoms with van der Waals surface area (Å²) < 4.78 is 0. The molecule has 1 fully saturated rings. The number of piperidine rings is 1. The van der Waals surface area contributed by atoms with Crippen molar-refractivity contribution in [2.24, 2.45) is 0 Å². The molecule has 100 valence electrons. The highest BCUT2D eigenvalue weighted by Gasteiger charge is 2.24. The van der Waals surface area contributed by atoms with E-state index in [1.165, 1.54) is 22.7 Å². The molecule has 1 aliphatic rings. The summed E-state index contributed by atoms with van der Waals surface area (Å²) in [5.41, 5.74) is 0. The molecule has 0 unspecified atom stereocenters. The SMILES string of the molecule is Cc1nccc(N2CCC[C@@H](c3ncc(C)s3)C2)n1. The van der Waals surface area contributed by atoms with Gasteiger partial charge in [0.25, 0.3) is 0 Å². The number of rotatable bonds is 2. The predicted octanol–water partition coefficient (Wildman–Crippen LogP) is 2.93. The average Bonchev–Trinajstić information content (AvgIpc) is 2.86. The van der Waals surface area contributed by atoms with Crippen molar-refractivity contribution >= 4 is 17.2 Å². The lowest BCUT2D eigenvalue weighted by atomic mass is 9.99. The monoisotopic (exact) mass is 274 g/mol. The molecule has 4 nitrogen and oxygen atoms in total. The second-order valence-electron chi connectivity index (χ2n) is 5.06. The van der Waals surface area contributed by atoms with Crippen LogP contribution in [0.15, 0.2) is 18.5 Å². The minimum atomic E-state index is 0.544. The van der Waals surface area contributed by atoms with E-state index in [1.54, 1.807) is 0 Å². The van der Waals surface area contributed by atoms with Gasteiger partial charge in [0.2, 0.25) is 0 Å². The molecule has 0 spiro atoms. The van der Waals surface area contributed by atoms with Crippen LogP contribution >= 0.6 is 11.3 Å². The number of anilines is 1. The van der Waals surface area contributed by atoms with E-state index in [9.17, 15) is 0 Å². The zero-order valence-corrected chi connectivity index (χ0v) is 12.2. The highest BCUT2D eigenvalue weighted by atomic mass is 32.1. The standard InChI is InChI=1S/C14H18N4S/c1-10-8-16-14(19-10)12-4-3-7-18(9-12)13-5-6-15-11(2)17-13/h5-6,8,12H,3-4,7,9H2,1-2H3/t12-/m1/s1. The summed E-state index contributed by atoms with van der Waals surface area (Å²) in [6.07, 6.45) is 6.25. The van der Waals surface area contributed by atoms with Gasteiger partial charge in [0.1, 0.15) is 11.6 Å². The molecule has 3 rings (SSSR count). The van der Waals surface area contributed by atoms with Crippen LogP contribution < -0.4 is 4.90 Å². The third-order valence-electron chi connectivity index (χ3n) is 3.50. The van der Waals surface area contributed by atoms with Crippen LogP contribution in [0.25, 0.3) is 0 Å². The maximum atomic E-state index is 4.54. The molecule has 0 N–H and O–H groups in total. The molecule has 0 amide bonds. The van der Waals surface area contributed by atoms with Gasteiger partial charge in [-0.2, -0.15) is 0 Å². The van der Waals surface area contributed by atoms with Crippen LogP contribution in [0.4, 0.5) is 5.82 Å². The molecule has 0 aromatic carbocycles. The topological polar surface area (TPSA) is 41.9 Å². The summed E-state index contributed by atoms with van der Waals surface area (Å²) in [5.74, 6) is 2.43. The lowest BCUT2D eigenvalue weighted by Crippen LogP contribution is -2.35. The summed E-state index contributed by atoms with van der Waals surface area (Å²) in [5, 5.41) is 1.27. The molecule has 1 saturated heterocycles. The van der Waals surface area contributed by atoms with Crippen molar-refractivity contribution in [1.82, 2.24) is 15.0 Å². The van der Waals surface area contributed by atoms with E-state index in [4.69, 9.17) is 0 Å². The summed E-state index contributed by atoms with van der Waals surface area (Å²) in [4.78, 5) is 16.9. The Kier molecular flexibility index (Phi) is 3.46. The third-order valence-corrected chi connectivity index (χ3v) is 4.57. The van der Waals surface area contributed by atoms with Crippen LogP contribution in [0.1, 0.15) is 34.5 Å². The van der Waals surface area contributed by atoms with Crippen LogP contribution in [0.3, 0.4) is 0 Å². The molecular weight excluding hydrogens is 256 g/mol. The first-order chi connectivity index (χ1) is 9.22. The van der Waals surface area contributed by atoms with Gasteiger partial charge < -0.3 is 4.90 Å². The second-order valence-corrected chi connectivity index (χ2v) is 6.32. The predicted molar refractivity (Wildman–Crippen MR) is 77.8 cm³/mol. The van der Waals surface area contributed by atoms with Crippen LogP contribution in [0.2, 0.25) is 0 Å². The molecule has 0 saturated carbocycles. The van der Waals surface area contributed by atoms with Crippen LogP contribution in [-0.2, 0) is 0 Å². The Labute approximate surface area is 117 Å². The van der Waals surface area contributed by atoms with Crippen molar-refractivity contribution in [3.8, 4) is 0 Å². The van der Waals surface area contributed by atoms with E-state index < -0.39 is 0 Å². The summed E-state index contributed by atoms with van der Waals surface area (Å²) in [6.45, 7) is 6.16. The number of nitrogens with zero attached hydrogens (tertiary/aromatic N) is 4. The molecule has 0 aliphatic carbocycles. The quantitative estimate of drug-likeness (QED) is 0.844. The number of hydrogen-bond donors (Lipinski definition) is 0. The minimum absolute atomic E-state index is 0.544. The highest BCUT2D eigenvalue weighted by molar-refractivity contribution is 7.11. The highest BCUT2D eigenvalue weighted by Crippen LogP contribution is 2.31.